The van der Waals surface area contributed by atoms with E-state index in [0.29, 0.717) is 5.92 Å². The van der Waals surface area contributed by atoms with Crippen molar-refractivity contribution in [3.05, 3.63) is 29.3 Å². The van der Waals surface area contributed by atoms with E-state index in [1.807, 2.05) is 0 Å². The van der Waals surface area contributed by atoms with E-state index >= 15 is 0 Å². The monoisotopic (exact) mass is 298 g/mol. The van der Waals surface area contributed by atoms with Gasteiger partial charge in [0.15, 0.2) is 11.6 Å². The fourth-order valence-corrected chi connectivity index (χ4v) is 3.21. The Hall–Kier alpha value is -1.16. The molecule has 1 aliphatic carbocycles. The average molecular weight is 298 g/mol. The molecule has 0 amide bonds. The van der Waals surface area contributed by atoms with E-state index in [2.05, 4.69) is 6.92 Å². The number of hydrogen-bond acceptors (Lipinski definition) is 2. The van der Waals surface area contributed by atoms with Crippen LogP contribution in [0.4, 0.5) is 8.78 Å². The summed E-state index contributed by atoms with van der Waals surface area (Å²) >= 11 is 0. The van der Waals surface area contributed by atoms with E-state index in [9.17, 15) is 13.9 Å². The minimum Gasteiger partial charge on any atom is -0.491 e. The molecule has 1 atom stereocenters. The predicted molar refractivity (Wildman–Crippen MR) is 78.2 cm³/mol. The Bertz CT molecular complexity index is 468. The molecule has 0 aromatic heterocycles. The molecular formula is C17H24F2O2. The molecule has 0 aliphatic heterocycles. The zero-order valence-electron chi connectivity index (χ0n) is 12.7. The van der Waals surface area contributed by atoms with Crippen molar-refractivity contribution in [2.24, 2.45) is 11.8 Å². The Kier molecular flexibility index (Phi) is 5.57. The van der Waals surface area contributed by atoms with Crippen LogP contribution in [0.25, 0.3) is 0 Å². The van der Waals surface area contributed by atoms with Gasteiger partial charge in [-0.25, -0.2) is 4.39 Å². The number of rotatable bonds is 5. The fourth-order valence-electron chi connectivity index (χ4n) is 3.21. The molecule has 1 aliphatic rings. The van der Waals surface area contributed by atoms with E-state index in [-0.39, 0.29) is 23.8 Å². The van der Waals surface area contributed by atoms with Crippen molar-refractivity contribution in [1.82, 2.24) is 0 Å². The molecule has 21 heavy (non-hydrogen) atoms. The van der Waals surface area contributed by atoms with Crippen molar-refractivity contribution < 1.29 is 18.6 Å². The van der Waals surface area contributed by atoms with Crippen LogP contribution >= 0.6 is 0 Å². The van der Waals surface area contributed by atoms with Crippen molar-refractivity contribution in [3.8, 4) is 5.75 Å². The van der Waals surface area contributed by atoms with Crippen LogP contribution in [0.15, 0.2) is 12.1 Å². The van der Waals surface area contributed by atoms with Gasteiger partial charge in [-0.15, -0.1) is 0 Å². The highest BCUT2D eigenvalue weighted by Crippen LogP contribution is 2.39. The lowest BCUT2D eigenvalue weighted by Gasteiger charge is -2.31. The van der Waals surface area contributed by atoms with Gasteiger partial charge in [-0.05, 0) is 43.7 Å². The second-order valence-electron chi connectivity index (χ2n) is 5.85. The first-order valence-electron chi connectivity index (χ1n) is 7.87. The van der Waals surface area contributed by atoms with Crippen LogP contribution < -0.4 is 4.74 Å². The third-order valence-corrected chi connectivity index (χ3v) is 4.61. The van der Waals surface area contributed by atoms with E-state index in [0.717, 1.165) is 32.1 Å². The summed E-state index contributed by atoms with van der Waals surface area (Å²) in [6, 6.07) is 2.85. The molecule has 2 rings (SSSR count). The summed E-state index contributed by atoms with van der Waals surface area (Å²) in [5.74, 6) is -1.36. The Balaban J connectivity index is 2.12. The molecule has 1 unspecified atom stereocenters. The standard InChI is InChI=1S/C17H24F2O2/c1-3-11-5-7-12(8-6-11)17(20)13-9-10-14(21-4-2)16(19)15(13)18/h9-12,17,20H,3-8H2,1-2H3. The summed E-state index contributed by atoms with van der Waals surface area (Å²) < 4.78 is 33.0. The molecule has 0 saturated heterocycles. The third-order valence-electron chi connectivity index (χ3n) is 4.61. The maximum atomic E-state index is 14.1. The molecule has 0 heterocycles. The van der Waals surface area contributed by atoms with Gasteiger partial charge in [-0.1, -0.05) is 26.2 Å². The Labute approximate surface area is 125 Å². The first kappa shape index (κ1) is 16.2. The number of ether oxygens (including phenoxy) is 1. The molecule has 4 heteroatoms. The molecule has 1 saturated carbocycles. The van der Waals surface area contributed by atoms with Crippen LogP contribution in [0, 0.1) is 23.5 Å². The maximum Gasteiger partial charge on any atom is 0.200 e. The molecular weight excluding hydrogens is 274 g/mol. The molecule has 0 radical (unpaired) electrons. The molecule has 0 spiro atoms. The van der Waals surface area contributed by atoms with Crippen LogP contribution in [0.1, 0.15) is 57.6 Å². The lowest BCUT2D eigenvalue weighted by Crippen LogP contribution is -2.21. The van der Waals surface area contributed by atoms with Gasteiger partial charge in [0.25, 0.3) is 0 Å². The van der Waals surface area contributed by atoms with Crippen molar-refractivity contribution >= 4 is 0 Å². The molecule has 1 N–H and O–H groups in total. The number of aliphatic hydroxyl groups excluding tert-OH is 1. The zero-order chi connectivity index (χ0) is 15.4. The number of hydrogen-bond donors (Lipinski definition) is 1. The van der Waals surface area contributed by atoms with Gasteiger partial charge in [0.2, 0.25) is 5.82 Å². The molecule has 2 nitrogen and oxygen atoms in total. The van der Waals surface area contributed by atoms with Crippen molar-refractivity contribution in [3.63, 3.8) is 0 Å². The van der Waals surface area contributed by atoms with Crippen LogP contribution in [0.2, 0.25) is 0 Å². The molecule has 1 aromatic carbocycles. The maximum absolute atomic E-state index is 14.1. The van der Waals surface area contributed by atoms with Gasteiger partial charge >= 0.3 is 0 Å². The van der Waals surface area contributed by atoms with Crippen molar-refractivity contribution in [2.75, 3.05) is 6.61 Å². The van der Waals surface area contributed by atoms with Crippen LogP contribution in [-0.2, 0) is 0 Å². The summed E-state index contributed by atoms with van der Waals surface area (Å²) in [6.45, 7) is 4.16. The topological polar surface area (TPSA) is 29.5 Å². The van der Waals surface area contributed by atoms with Gasteiger partial charge in [-0.3, -0.25) is 0 Å². The van der Waals surface area contributed by atoms with Crippen LogP contribution in [-0.4, -0.2) is 11.7 Å². The zero-order valence-corrected chi connectivity index (χ0v) is 12.7. The average Bonchev–Trinajstić information content (AvgIpc) is 2.52. The first-order chi connectivity index (χ1) is 10.1. The number of benzene rings is 1. The van der Waals surface area contributed by atoms with E-state index < -0.39 is 17.7 Å². The van der Waals surface area contributed by atoms with Gasteiger partial charge in [0.05, 0.1) is 12.7 Å². The van der Waals surface area contributed by atoms with Gasteiger partial charge in [0, 0.05) is 5.56 Å². The highest BCUT2D eigenvalue weighted by atomic mass is 19.2. The van der Waals surface area contributed by atoms with Crippen LogP contribution in [0.3, 0.4) is 0 Å². The highest BCUT2D eigenvalue weighted by Gasteiger charge is 2.29. The molecule has 0 bridgehead atoms. The van der Waals surface area contributed by atoms with E-state index in [4.69, 9.17) is 4.74 Å². The predicted octanol–water partition coefficient (Wildman–Crippen LogP) is 4.61. The smallest absolute Gasteiger partial charge is 0.200 e. The van der Waals surface area contributed by atoms with Crippen LogP contribution in [0.5, 0.6) is 5.75 Å². The Morgan fingerprint density at radius 3 is 2.38 bits per heavy atom. The largest absolute Gasteiger partial charge is 0.491 e. The summed E-state index contributed by atoms with van der Waals surface area (Å²) in [6.07, 6.45) is 4.06. The summed E-state index contributed by atoms with van der Waals surface area (Å²) in [5.41, 5.74) is 0.0518. The highest BCUT2D eigenvalue weighted by molar-refractivity contribution is 5.32. The van der Waals surface area contributed by atoms with E-state index in [1.165, 1.54) is 12.1 Å². The minimum absolute atomic E-state index is 0.0136. The summed E-state index contributed by atoms with van der Waals surface area (Å²) in [4.78, 5) is 0. The lowest BCUT2D eigenvalue weighted by molar-refractivity contribution is 0.0693. The van der Waals surface area contributed by atoms with Gasteiger partial charge < -0.3 is 9.84 Å². The molecule has 118 valence electrons. The number of halogens is 2. The first-order valence-corrected chi connectivity index (χ1v) is 7.87. The quantitative estimate of drug-likeness (QED) is 0.860. The Morgan fingerprint density at radius 1 is 1.14 bits per heavy atom. The fraction of sp³-hybridized carbons (Fsp3) is 0.647. The Morgan fingerprint density at radius 2 is 1.81 bits per heavy atom. The van der Waals surface area contributed by atoms with Crippen molar-refractivity contribution in [1.29, 1.82) is 0 Å². The molecule has 1 aromatic rings. The second kappa shape index (κ2) is 7.21. The normalized spacial score (nSPS) is 23.9. The lowest BCUT2D eigenvalue weighted by atomic mass is 9.77. The summed E-state index contributed by atoms with van der Waals surface area (Å²) in [7, 11) is 0. The van der Waals surface area contributed by atoms with Gasteiger partial charge in [-0.2, -0.15) is 4.39 Å². The van der Waals surface area contributed by atoms with Gasteiger partial charge in [0.1, 0.15) is 0 Å². The van der Waals surface area contributed by atoms with E-state index in [1.54, 1.807) is 6.92 Å². The number of aliphatic hydroxyl groups is 1. The summed E-state index contributed by atoms with van der Waals surface area (Å²) in [5, 5.41) is 10.4. The minimum atomic E-state index is -1.00. The third kappa shape index (κ3) is 3.54. The molecule has 1 fully saturated rings. The SMILES string of the molecule is CCOc1ccc(C(O)C2CCC(CC)CC2)c(F)c1F. The second-order valence-corrected chi connectivity index (χ2v) is 5.85. The van der Waals surface area contributed by atoms with Crippen molar-refractivity contribution in [2.45, 2.75) is 52.1 Å².